The minimum absolute atomic E-state index is 0.0883. The van der Waals surface area contributed by atoms with E-state index >= 15 is 0 Å². The number of carbonyl (C=O) groups is 1. The molecule has 0 aliphatic carbocycles. The smallest absolute Gasteiger partial charge is 0.284 e. The number of hydrogen-bond donors (Lipinski definition) is 1. The van der Waals surface area contributed by atoms with Gasteiger partial charge in [0.15, 0.2) is 0 Å². The molecule has 3 heterocycles. The van der Waals surface area contributed by atoms with Crippen molar-refractivity contribution >= 4 is 34.3 Å². The summed E-state index contributed by atoms with van der Waals surface area (Å²) in [4.78, 5) is 14.6. The van der Waals surface area contributed by atoms with Crippen molar-refractivity contribution in [3.63, 3.8) is 0 Å². The highest BCUT2D eigenvalue weighted by Crippen LogP contribution is 2.35. The lowest BCUT2D eigenvalue weighted by atomic mass is 10.0. The van der Waals surface area contributed by atoms with Gasteiger partial charge in [-0.3, -0.25) is 4.79 Å². The number of phenols is 1. The second-order valence-corrected chi connectivity index (χ2v) is 7.36. The number of aromatic hydroxyl groups is 1. The molecule has 0 bridgehead atoms. The Morgan fingerprint density at radius 2 is 1.83 bits per heavy atom. The highest BCUT2D eigenvalue weighted by atomic mass is 32.1. The summed E-state index contributed by atoms with van der Waals surface area (Å²) >= 11 is 3.04. The second-order valence-electron chi connectivity index (χ2n) is 5.46. The quantitative estimate of drug-likeness (QED) is 0.752. The van der Waals surface area contributed by atoms with Crippen LogP contribution in [0.4, 0.5) is 0 Å². The number of benzene rings is 1. The molecule has 0 saturated carbocycles. The van der Waals surface area contributed by atoms with E-state index in [9.17, 15) is 9.90 Å². The van der Waals surface area contributed by atoms with Crippen LogP contribution in [0.2, 0.25) is 0 Å². The maximum atomic E-state index is 12.9. The van der Waals surface area contributed by atoms with Crippen LogP contribution in [0.5, 0.6) is 5.75 Å². The predicted molar refractivity (Wildman–Crippen MR) is 96.8 cm³/mol. The van der Waals surface area contributed by atoms with Crippen molar-refractivity contribution in [1.82, 2.24) is 5.01 Å². The third kappa shape index (κ3) is 2.74. The molecule has 0 spiro atoms. The largest absolute Gasteiger partial charge is 0.508 e. The second kappa shape index (κ2) is 6.22. The normalized spacial score (nSPS) is 17.1. The fourth-order valence-electron chi connectivity index (χ4n) is 2.76. The standard InChI is InChI=1S/C18H14N2O2S2/c21-13-7-5-12(6-8-13)15-11-14(16-3-1-9-23-16)19-20(15)18(22)17-4-2-10-24-17/h1-10,15,21H,11H2/t15-/m1/s1. The van der Waals surface area contributed by atoms with E-state index in [4.69, 9.17) is 0 Å². The predicted octanol–water partition coefficient (Wildman–Crippen LogP) is 4.51. The van der Waals surface area contributed by atoms with Gasteiger partial charge in [-0.1, -0.05) is 24.3 Å². The molecule has 1 amide bonds. The number of phenolic OH excluding ortho intramolecular Hbond substituents is 1. The average molecular weight is 354 g/mol. The number of rotatable bonds is 3. The molecule has 0 unspecified atom stereocenters. The van der Waals surface area contributed by atoms with Crippen molar-refractivity contribution in [3.8, 4) is 5.75 Å². The SMILES string of the molecule is O=C(c1cccs1)N1N=C(c2cccs2)C[C@@H]1c1ccc(O)cc1. The first-order chi connectivity index (χ1) is 11.7. The van der Waals surface area contributed by atoms with E-state index in [-0.39, 0.29) is 17.7 Å². The number of thiophene rings is 2. The van der Waals surface area contributed by atoms with E-state index in [0.29, 0.717) is 11.3 Å². The van der Waals surface area contributed by atoms with E-state index in [0.717, 1.165) is 16.2 Å². The monoisotopic (exact) mass is 354 g/mol. The molecule has 4 nitrogen and oxygen atoms in total. The Labute approximate surface area is 147 Å². The lowest BCUT2D eigenvalue weighted by Crippen LogP contribution is -2.26. The average Bonchev–Trinajstić information content (AvgIpc) is 3.34. The van der Waals surface area contributed by atoms with Crippen molar-refractivity contribution in [2.75, 3.05) is 0 Å². The van der Waals surface area contributed by atoms with E-state index in [2.05, 4.69) is 5.10 Å². The van der Waals surface area contributed by atoms with Gasteiger partial charge in [0.1, 0.15) is 5.75 Å². The number of carbonyl (C=O) groups excluding carboxylic acids is 1. The maximum Gasteiger partial charge on any atom is 0.284 e. The molecule has 0 fully saturated rings. The van der Waals surface area contributed by atoms with Crippen LogP contribution in [-0.2, 0) is 0 Å². The molecule has 0 radical (unpaired) electrons. The van der Waals surface area contributed by atoms with Crippen molar-refractivity contribution in [1.29, 1.82) is 0 Å². The van der Waals surface area contributed by atoms with Crippen LogP contribution < -0.4 is 0 Å². The lowest BCUT2D eigenvalue weighted by Gasteiger charge is -2.21. The van der Waals surface area contributed by atoms with Crippen molar-refractivity contribution in [2.45, 2.75) is 12.5 Å². The Balaban J connectivity index is 1.72. The molecule has 1 aliphatic heterocycles. The zero-order chi connectivity index (χ0) is 16.5. The van der Waals surface area contributed by atoms with Crippen LogP contribution in [0.15, 0.2) is 64.4 Å². The molecule has 6 heteroatoms. The molecule has 0 saturated heterocycles. The van der Waals surface area contributed by atoms with Gasteiger partial charge in [0.05, 0.1) is 21.5 Å². The lowest BCUT2D eigenvalue weighted by molar-refractivity contribution is 0.0716. The summed E-state index contributed by atoms with van der Waals surface area (Å²) in [7, 11) is 0. The summed E-state index contributed by atoms with van der Waals surface area (Å²) in [6.07, 6.45) is 0.669. The van der Waals surface area contributed by atoms with Gasteiger partial charge >= 0.3 is 0 Å². The zero-order valence-corrected chi connectivity index (χ0v) is 14.3. The molecular formula is C18H14N2O2S2. The van der Waals surface area contributed by atoms with E-state index in [1.54, 1.807) is 28.5 Å². The Kier molecular flexibility index (Phi) is 3.92. The van der Waals surface area contributed by atoms with Crippen LogP contribution in [0.25, 0.3) is 0 Å². The van der Waals surface area contributed by atoms with Crippen LogP contribution in [0, 0.1) is 0 Å². The van der Waals surface area contributed by atoms with Gasteiger partial charge in [0, 0.05) is 6.42 Å². The first-order valence-electron chi connectivity index (χ1n) is 7.50. The van der Waals surface area contributed by atoms with Crippen molar-refractivity contribution < 1.29 is 9.90 Å². The molecular weight excluding hydrogens is 340 g/mol. The number of amides is 1. The Bertz CT molecular complexity index is 868. The minimum Gasteiger partial charge on any atom is -0.508 e. The third-order valence-electron chi connectivity index (χ3n) is 3.93. The molecule has 120 valence electrons. The van der Waals surface area contributed by atoms with Crippen molar-refractivity contribution in [3.05, 3.63) is 74.6 Å². The summed E-state index contributed by atoms with van der Waals surface area (Å²) in [5.41, 5.74) is 1.89. The first kappa shape index (κ1) is 15.1. The van der Waals surface area contributed by atoms with E-state index in [1.165, 1.54) is 11.3 Å². The highest BCUT2D eigenvalue weighted by molar-refractivity contribution is 7.12. The fourth-order valence-corrected chi connectivity index (χ4v) is 4.13. The van der Waals surface area contributed by atoms with E-state index < -0.39 is 0 Å². The zero-order valence-electron chi connectivity index (χ0n) is 12.6. The van der Waals surface area contributed by atoms with Crippen LogP contribution in [0.1, 0.15) is 32.6 Å². The van der Waals surface area contributed by atoms with Gasteiger partial charge in [0.2, 0.25) is 0 Å². The van der Waals surface area contributed by atoms with Crippen molar-refractivity contribution in [2.24, 2.45) is 5.10 Å². The van der Waals surface area contributed by atoms with Gasteiger partial charge in [-0.25, -0.2) is 5.01 Å². The van der Waals surface area contributed by atoms with Gasteiger partial charge in [-0.2, -0.15) is 5.10 Å². The Morgan fingerprint density at radius 3 is 2.50 bits per heavy atom. The maximum absolute atomic E-state index is 12.9. The molecule has 3 aromatic rings. The molecule has 1 atom stereocenters. The van der Waals surface area contributed by atoms with Gasteiger partial charge in [0.25, 0.3) is 5.91 Å². The first-order valence-corrected chi connectivity index (χ1v) is 9.25. The molecule has 1 N–H and O–H groups in total. The molecule has 1 aliphatic rings. The number of nitrogens with zero attached hydrogens (tertiary/aromatic N) is 2. The summed E-state index contributed by atoms with van der Waals surface area (Å²) in [5.74, 6) is 0.127. The van der Waals surface area contributed by atoms with Crippen LogP contribution >= 0.6 is 22.7 Å². The minimum atomic E-state index is -0.155. The topological polar surface area (TPSA) is 52.9 Å². The fraction of sp³-hybridized carbons (Fsp3) is 0.111. The van der Waals surface area contributed by atoms with Crippen LogP contribution in [0.3, 0.4) is 0 Å². The number of hydrogen-bond acceptors (Lipinski definition) is 5. The molecule has 1 aromatic carbocycles. The summed E-state index contributed by atoms with van der Waals surface area (Å²) in [6.45, 7) is 0. The van der Waals surface area contributed by atoms with Crippen LogP contribution in [-0.4, -0.2) is 21.7 Å². The molecule has 24 heavy (non-hydrogen) atoms. The Morgan fingerprint density at radius 1 is 1.08 bits per heavy atom. The van der Waals surface area contributed by atoms with Gasteiger partial charge in [-0.05, 0) is 40.6 Å². The van der Waals surface area contributed by atoms with Gasteiger partial charge < -0.3 is 5.11 Å². The summed E-state index contributed by atoms with van der Waals surface area (Å²) < 4.78 is 0. The summed E-state index contributed by atoms with van der Waals surface area (Å²) in [6, 6.07) is 14.5. The number of hydrazone groups is 1. The molecule has 4 rings (SSSR count). The Hall–Kier alpha value is -2.44. The van der Waals surface area contributed by atoms with Gasteiger partial charge in [-0.15, -0.1) is 22.7 Å². The molecule has 2 aromatic heterocycles. The highest BCUT2D eigenvalue weighted by Gasteiger charge is 2.34. The summed E-state index contributed by atoms with van der Waals surface area (Å²) in [5, 5.41) is 19.6. The van der Waals surface area contributed by atoms with E-state index in [1.807, 2.05) is 47.2 Å². The third-order valence-corrected chi connectivity index (χ3v) is 5.71.